The predicted molar refractivity (Wildman–Crippen MR) is 56.7 cm³/mol. The lowest BCUT2D eigenvalue weighted by molar-refractivity contribution is 0.245. The third-order valence-corrected chi connectivity index (χ3v) is 4.18. The molecule has 1 saturated heterocycles. The van der Waals surface area contributed by atoms with E-state index in [1.165, 1.54) is 32.4 Å². The van der Waals surface area contributed by atoms with Crippen LogP contribution >= 0.6 is 0 Å². The Morgan fingerprint density at radius 1 is 1.15 bits per heavy atom. The second kappa shape index (κ2) is 3.61. The maximum atomic E-state index is 2.67. The molecule has 1 aliphatic heterocycles. The van der Waals surface area contributed by atoms with Gasteiger partial charge in [-0.25, -0.2) is 0 Å². The summed E-state index contributed by atoms with van der Waals surface area (Å²) in [6, 6.07) is 0.769. The van der Waals surface area contributed by atoms with Gasteiger partial charge in [0.05, 0.1) is 0 Å². The molecule has 2 aliphatic rings. The molecule has 1 saturated carbocycles. The maximum Gasteiger partial charge on any atom is 0.00388 e. The first-order valence-electron chi connectivity index (χ1n) is 5.94. The van der Waals surface area contributed by atoms with Crippen molar-refractivity contribution in [1.29, 1.82) is 0 Å². The average Bonchev–Trinajstić information content (AvgIpc) is 2.58. The van der Waals surface area contributed by atoms with Gasteiger partial charge in [-0.1, -0.05) is 13.3 Å². The van der Waals surface area contributed by atoms with Crippen LogP contribution in [0.1, 0.15) is 40.0 Å². The van der Waals surface area contributed by atoms with Crippen LogP contribution in [0.3, 0.4) is 0 Å². The summed E-state index contributed by atoms with van der Waals surface area (Å²) in [5.41, 5.74) is 0. The fraction of sp³-hybridized carbons (Fsp3) is 1.00. The number of rotatable bonds is 2. The zero-order valence-electron chi connectivity index (χ0n) is 9.29. The monoisotopic (exact) mass is 181 g/mol. The van der Waals surface area contributed by atoms with Gasteiger partial charge in [-0.2, -0.15) is 0 Å². The fourth-order valence-electron chi connectivity index (χ4n) is 3.22. The summed E-state index contributed by atoms with van der Waals surface area (Å²) in [7, 11) is 0. The van der Waals surface area contributed by atoms with Crippen molar-refractivity contribution in [3.63, 3.8) is 0 Å². The number of nitrogens with zero attached hydrogens (tertiary/aromatic N) is 1. The van der Waals surface area contributed by atoms with Crippen molar-refractivity contribution in [2.45, 2.75) is 46.1 Å². The van der Waals surface area contributed by atoms with Crippen molar-refractivity contribution in [2.75, 3.05) is 13.1 Å². The van der Waals surface area contributed by atoms with Gasteiger partial charge in [0.25, 0.3) is 0 Å². The van der Waals surface area contributed by atoms with Crippen LogP contribution in [0.5, 0.6) is 0 Å². The van der Waals surface area contributed by atoms with Gasteiger partial charge < -0.3 is 4.90 Å². The highest BCUT2D eigenvalue weighted by atomic mass is 15.2. The van der Waals surface area contributed by atoms with Crippen LogP contribution < -0.4 is 0 Å². The SMILES string of the molecule is CC[C@H]1C[C@@H]2CN(C(C)C)C[C@@H]2C1. The summed E-state index contributed by atoms with van der Waals surface area (Å²) in [6.07, 6.45) is 4.45. The Labute approximate surface area is 82.5 Å². The minimum atomic E-state index is 0.769. The normalized spacial score (nSPS) is 40.2. The molecule has 2 rings (SSSR count). The van der Waals surface area contributed by atoms with Crippen LogP contribution in [0.25, 0.3) is 0 Å². The van der Waals surface area contributed by atoms with E-state index in [1.807, 2.05) is 0 Å². The molecule has 0 unspecified atom stereocenters. The van der Waals surface area contributed by atoms with Gasteiger partial charge in [0.15, 0.2) is 0 Å². The van der Waals surface area contributed by atoms with Gasteiger partial charge in [0, 0.05) is 19.1 Å². The van der Waals surface area contributed by atoms with E-state index in [0.717, 1.165) is 23.8 Å². The molecule has 0 aromatic heterocycles. The maximum absolute atomic E-state index is 2.67. The summed E-state index contributed by atoms with van der Waals surface area (Å²) in [6.45, 7) is 9.79. The molecule has 0 amide bonds. The molecule has 0 radical (unpaired) electrons. The highest BCUT2D eigenvalue weighted by Crippen LogP contribution is 2.43. The summed E-state index contributed by atoms with van der Waals surface area (Å²) < 4.78 is 0. The summed E-state index contributed by atoms with van der Waals surface area (Å²) in [4.78, 5) is 2.67. The lowest BCUT2D eigenvalue weighted by Crippen LogP contribution is -2.29. The Kier molecular flexibility index (Phi) is 2.64. The van der Waals surface area contributed by atoms with E-state index in [2.05, 4.69) is 25.7 Å². The molecule has 0 aromatic rings. The van der Waals surface area contributed by atoms with Crippen LogP contribution in [0.4, 0.5) is 0 Å². The van der Waals surface area contributed by atoms with Crippen LogP contribution in [0.15, 0.2) is 0 Å². The summed E-state index contributed by atoms with van der Waals surface area (Å²) in [5.74, 6) is 3.16. The molecule has 3 atom stereocenters. The summed E-state index contributed by atoms with van der Waals surface area (Å²) in [5, 5.41) is 0. The number of likely N-dealkylation sites (tertiary alicyclic amines) is 1. The molecule has 0 N–H and O–H groups in total. The van der Waals surface area contributed by atoms with Gasteiger partial charge in [-0.3, -0.25) is 0 Å². The molecular formula is C12H23N. The zero-order chi connectivity index (χ0) is 9.42. The second-order valence-electron chi connectivity index (χ2n) is 5.31. The largest absolute Gasteiger partial charge is 0.300 e. The highest BCUT2D eigenvalue weighted by molar-refractivity contribution is 4.92. The molecule has 1 nitrogen and oxygen atoms in total. The van der Waals surface area contributed by atoms with Crippen molar-refractivity contribution in [3.8, 4) is 0 Å². The molecule has 0 aromatic carbocycles. The number of hydrogen-bond acceptors (Lipinski definition) is 1. The Morgan fingerprint density at radius 3 is 2.08 bits per heavy atom. The minimum Gasteiger partial charge on any atom is -0.300 e. The van der Waals surface area contributed by atoms with Gasteiger partial charge in [0.1, 0.15) is 0 Å². The Balaban J connectivity index is 1.89. The fourth-order valence-corrected chi connectivity index (χ4v) is 3.22. The minimum absolute atomic E-state index is 0.769. The van der Waals surface area contributed by atoms with E-state index in [-0.39, 0.29) is 0 Å². The Bertz CT molecular complexity index is 162. The Morgan fingerprint density at radius 2 is 1.69 bits per heavy atom. The van der Waals surface area contributed by atoms with Crippen LogP contribution in [0, 0.1) is 17.8 Å². The molecule has 0 spiro atoms. The first-order valence-corrected chi connectivity index (χ1v) is 5.94. The van der Waals surface area contributed by atoms with Crippen LogP contribution in [-0.4, -0.2) is 24.0 Å². The third kappa shape index (κ3) is 1.76. The van der Waals surface area contributed by atoms with Gasteiger partial charge in [-0.05, 0) is 44.4 Å². The molecule has 0 bridgehead atoms. The van der Waals surface area contributed by atoms with E-state index in [4.69, 9.17) is 0 Å². The van der Waals surface area contributed by atoms with Crippen LogP contribution in [-0.2, 0) is 0 Å². The topological polar surface area (TPSA) is 3.24 Å². The van der Waals surface area contributed by atoms with Crippen molar-refractivity contribution in [2.24, 2.45) is 17.8 Å². The van der Waals surface area contributed by atoms with E-state index in [0.29, 0.717) is 0 Å². The lowest BCUT2D eigenvalue weighted by Gasteiger charge is -2.22. The smallest absolute Gasteiger partial charge is 0.00388 e. The van der Waals surface area contributed by atoms with Gasteiger partial charge in [0.2, 0.25) is 0 Å². The van der Waals surface area contributed by atoms with Crippen molar-refractivity contribution in [1.82, 2.24) is 4.90 Å². The summed E-state index contributed by atoms with van der Waals surface area (Å²) >= 11 is 0. The second-order valence-corrected chi connectivity index (χ2v) is 5.31. The molecule has 2 fully saturated rings. The van der Waals surface area contributed by atoms with E-state index >= 15 is 0 Å². The van der Waals surface area contributed by atoms with Crippen molar-refractivity contribution < 1.29 is 0 Å². The van der Waals surface area contributed by atoms with Crippen LogP contribution in [0.2, 0.25) is 0 Å². The molecule has 1 heteroatoms. The van der Waals surface area contributed by atoms with E-state index in [1.54, 1.807) is 0 Å². The van der Waals surface area contributed by atoms with Crippen molar-refractivity contribution >= 4 is 0 Å². The third-order valence-electron chi connectivity index (χ3n) is 4.18. The average molecular weight is 181 g/mol. The zero-order valence-corrected chi connectivity index (χ0v) is 9.29. The first kappa shape index (κ1) is 9.51. The first-order chi connectivity index (χ1) is 6.20. The lowest BCUT2D eigenvalue weighted by atomic mass is 10.0. The quantitative estimate of drug-likeness (QED) is 0.633. The van der Waals surface area contributed by atoms with Gasteiger partial charge >= 0.3 is 0 Å². The van der Waals surface area contributed by atoms with Gasteiger partial charge in [-0.15, -0.1) is 0 Å². The van der Waals surface area contributed by atoms with E-state index in [9.17, 15) is 0 Å². The number of fused-ring (bicyclic) bond motifs is 1. The Hall–Kier alpha value is -0.0400. The molecule has 1 heterocycles. The van der Waals surface area contributed by atoms with Crippen molar-refractivity contribution in [3.05, 3.63) is 0 Å². The standard InChI is InChI=1S/C12H23N/c1-4-10-5-11-7-13(9(2)3)8-12(11)6-10/h9-12H,4-8H2,1-3H3/t10-,11+,12-. The van der Waals surface area contributed by atoms with E-state index < -0.39 is 0 Å². The molecule has 1 aliphatic carbocycles. The molecule has 13 heavy (non-hydrogen) atoms. The molecular weight excluding hydrogens is 158 g/mol. The number of hydrogen-bond donors (Lipinski definition) is 0. The molecule has 76 valence electrons. The highest BCUT2D eigenvalue weighted by Gasteiger charge is 2.40. The predicted octanol–water partition coefficient (Wildman–Crippen LogP) is 2.76.